The molecule has 3 aromatic rings. The lowest BCUT2D eigenvalue weighted by Gasteiger charge is -2.32. The Hall–Kier alpha value is -3.34. The highest BCUT2D eigenvalue weighted by Gasteiger charge is 2.36. The van der Waals surface area contributed by atoms with Crippen molar-refractivity contribution in [3.8, 4) is 5.75 Å². The van der Waals surface area contributed by atoms with Crippen molar-refractivity contribution >= 4 is 33.2 Å². The smallest absolute Gasteiger partial charge is 0.305 e. The maximum absolute atomic E-state index is 13.4. The number of ether oxygens (including phenoxy) is 1. The third-order valence-corrected chi connectivity index (χ3v) is 6.94. The topological polar surface area (TPSA) is 117 Å². The number of benzene rings is 2. The fourth-order valence-electron chi connectivity index (χ4n) is 3.59. The number of aliphatic carboxylic acids is 1. The molecule has 0 bridgehead atoms. The Balaban J connectivity index is 1.86. The van der Waals surface area contributed by atoms with Crippen molar-refractivity contribution in [1.82, 2.24) is 14.4 Å². The van der Waals surface area contributed by atoms with E-state index in [1.165, 1.54) is 37.3 Å². The average molecular weight is 472 g/mol. The van der Waals surface area contributed by atoms with Crippen LogP contribution in [-0.4, -0.2) is 66.9 Å². The van der Waals surface area contributed by atoms with Gasteiger partial charge in [0, 0.05) is 32.1 Å². The molecule has 3 rings (SSSR count). The number of carboxylic acids is 1. The number of fused-ring (bicyclic) bond motifs is 1. The lowest BCUT2D eigenvalue weighted by Crippen LogP contribution is -2.50. The Labute approximate surface area is 192 Å². The minimum absolute atomic E-state index is 0.114. The number of pyridine rings is 1. The highest BCUT2D eigenvalue weighted by atomic mass is 32.2. The molecule has 1 atom stereocenters. The minimum atomic E-state index is -4.29. The van der Waals surface area contributed by atoms with Crippen LogP contribution in [0.1, 0.15) is 12.0 Å². The van der Waals surface area contributed by atoms with E-state index in [0.717, 1.165) is 20.9 Å². The molecule has 2 aromatic carbocycles. The summed E-state index contributed by atoms with van der Waals surface area (Å²) >= 11 is 0. The molecular weight excluding hydrogens is 446 g/mol. The van der Waals surface area contributed by atoms with Gasteiger partial charge in [-0.05, 0) is 29.8 Å². The second-order valence-corrected chi connectivity index (χ2v) is 9.22. The van der Waals surface area contributed by atoms with Gasteiger partial charge in [-0.1, -0.05) is 30.3 Å². The molecule has 33 heavy (non-hydrogen) atoms. The highest BCUT2D eigenvalue weighted by Crippen LogP contribution is 2.29. The molecule has 0 saturated carbocycles. The predicted octanol–water partition coefficient (Wildman–Crippen LogP) is 2.37. The molecule has 0 amide bonds. The Kier molecular flexibility index (Phi) is 7.75. The third-order valence-electron chi connectivity index (χ3n) is 4.96. The molecule has 10 heteroatoms. The van der Waals surface area contributed by atoms with Gasteiger partial charge in [-0.25, -0.2) is 13.4 Å². The average Bonchev–Trinajstić information content (AvgIpc) is 2.78. The van der Waals surface area contributed by atoms with Crippen LogP contribution in [0.5, 0.6) is 5.75 Å². The van der Waals surface area contributed by atoms with Gasteiger partial charge < -0.3 is 14.6 Å². The van der Waals surface area contributed by atoms with Crippen LogP contribution in [-0.2, 0) is 26.0 Å². The van der Waals surface area contributed by atoms with Crippen molar-refractivity contribution in [1.29, 1.82) is 0 Å². The van der Waals surface area contributed by atoms with Crippen molar-refractivity contribution in [3.05, 3.63) is 66.4 Å². The van der Waals surface area contributed by atoms with Crippen molar-refractivity contribution in [2.45, 2.75) is 23.8 Å². The fourth-order valence-corrected chi connectivity index (χ4v) is 5.33. The van der Waals surface area contributed by atoms with E-state index in [4.69, 9.17) is 9.84 Å². The number of sulfonamides is 1. The van der Waals surface area contributed by atoms with Gasteiger partial charge in [0.1, 0.15) is 23.0 Å². The van der Waals surface area contributed by atoms with Crippen LogP contribution in [0.15, 0.2) is 65.7 Å². The standard InChI is InChI=1S/C23H25N3O6S/c1-25(2)26(18(16-27)15-23(28)29)33(30,31)22-11-4-3-10-21(22)32-14-12-17-7-5-9-20-19(17)8-6-13-24-20/h3-11,13,16,18H,12,14-15H2,1-2H3,(H,28,29)/t18-/m0/s1. The van der Waals surface area contributed by atoms with E-state index in [2.05, 4.69) is 4.98 Å². The van der Waals surface area contributed by atoms with Crippen molar-refractivity contribution < 1.29 is 27.9 Å². The van der Waals surface area contributed by atoms with Crippen LogP contribution in [0.25, 0.3) is 10.9 Å². The summed E-state index contributed by atoms with van der Waals surface area (Å²) in [5.74, 6) is -1.18. The number of aldehydes is 1. The fraction of sp³-hybridized carbons (Fsp3) is 0.261. The first-order chi connectivity index (χ1) is 15.8. The molecule has 0 spiro atoms. The van der Waals surface area contributed by atoms with E-state index in [0.29, 0.717) is 12.7 Å². The van der Waals surface area contributed by atoms with Gasteiger partial charge in [-0.2, -0.15) is 0 Å². The number of aromatic nitrogens is 1. The number of hydrazine groups is 1. The Morgan fingerprint density at radius 3 is 2.58 bits per heavy atom. The zero-order valence-corrected chi connectivity index (χ0v) is 19.1. The molecule has 0 radical (unpaired) electrons. The molecule has 0 aliphatic heterocycles. The summed E-state index contributed by atoms with van der Waals surface area (Å²) < 4.78 is 33.5. The minimum Gasteiger partial charge on any atom is -0.492 e. The first-order valence-electron chi connectivity index (χ1n) is 10.2. The normalized spacial score (nSPS) is 12.7. The molecule has 9 nitrogen and oxygen atoms in total. The molecule has 0 saturated heterocycles. The number of hydrogen-bond acceptors (Lipinski definition) is 7. The van der Waals surface area contributed by atoms with Gasteiger partial charge in [0.2, 0.25) is 0 Å². The largest absolute Gasteiger partial charge is 0.492 e. The number of nitrogens with zero attached hydrogens (tertiary/aromatic N) is 3. The summed E-state index contributed by atoms with van der Waals surface area (Å²) in [7, 11) is -1.44. The van der Waals surface area contributed by atoms with E-state index in [1.54, 1.807) is 12.3 Å². The van der Waals surface area contributed by atoms with Crippen LogP contribution >= 0.6 is 0 Å². The zero-order valence-electron chi connectivity index (χ0n) is 18.3. The van der Waals surface area contributed by atoms with Crippen molar-refractivity contribution in [2.24, 2.45) is 0 Å². The van der Waals surface area contributed by atoms with E-state index in [1.807, 2.05) is 30.3 Å². The van der Waals surface area contributed by atoms with Gasteiger partial charge in [-0.3, -0.25) is 9.78 Å². The Morgan fingerprint density at radius 1 is 1.12 bits per heavy atom. The van der Waals surface area contributed by atoms with E-state index in [9.17, 15) is 18.0 Å². The SMILES string of the molecule is CN(C)N([C@H](C=O)CC(=O)O)S(=O)(=O)c1ccccc1OCCc1cccc2ncccc12. The number of carbonyl (C=O) groups excluding carboxylic acids is 1. The molecular formula is C23H25N3O6S. The summed E-state index contributed by atoms with van der Waals surface area (Å²) in [6, 6.07) is 14.3. The van der Waals surface area contributed by atoms with E-state index < -0.39 is 28.5 Å². The maximum Gasteiger partial charge on any atom is 0.305 e. The van der Waals surface area contributed by atoms with Gasteiger partial charge in [0.15, 0.2) is 0 Å². The van der Waals surface area contributed by atoms with Crippen LogP contribution in [0.4, 0.5) is 0 Å². The first kappa shape index (κ1) is 24.3. The lowest BCUT2D eigenvalue weighted by molar-refractivity contribution is -0.140. The van der Waals surface area contributed by atoms with Gasteiger partial charge in [0.25, 0.3) is 10.0 Å². The molecule has 0 fully saturated rings. The van der Waals surface area contributed by atoms with Gasteiger partial charge in [0.05, 0.1) is 18.5 Å². The Bertz CT molecular complexity index is 1240. The molecule has 0 unspecified atom stereocenters. The number of hydrogen-bond donors (Lipinski definition) is 1. The second-order valence-electron chi connectivity index (χ2n) is 7.46. The number of rotatable bonds is 11. The monoisotopic (exact) mass is 471 g/mol. The van der Waals surface area contributed by atoms with Crippen molar-refractivity contribution in [3.63, 3.8) is 0 Å². The summed E-state index contributed by atoms with van der Waals surface area (Å²) in [5.41, 5.74) is 1.87. The lowest BCUT2D eigenvalue weighted by atomic mass is 10.1. The molecule has 1 heterocycles. The molecule has 1 aromatic heterocycles. The first-order valence-corrected chi connectivity index (χ1v) is 11.6. The summed E-state index contributed by atoms with van der Waals surface area (Å²) in [6.07, 6.45) is 1.88. The molecule has 0 aliphatic rings. The van der Waals surface area contributed by atoms with Crippen molar-refractivity contribution in [2.75, 3.05) is 20.7 Å². The third kappa shape index (κ3) is 5.54. The quantitative estimate of drug-likeness (QED) is 0.335. The molecule has 174 valence electrons. The molecule has 0 aliphatic carbocycles. The van der Waals surface area contributed by atoms with Crippen LogP contribution in [0.3, 0.4) is 0 Å². The van der Waals surface area contributed by atoms with Crippen LogP contribution in [0, 0.1) is 0 Å². The van der Waals surface area contributed by atoms with Gasteiger partial charge >= 0.3 is 5.97 Å². The summed E-state index contributed by atoms with van der Waals surface area (Å²) in [6.45, 7) is 0.203. The highest BCUT2D eigenvalue weighted by molar-refractivity contribution is 7.89. The predicted molar refractivity (Wildman–Crippen MR) is 122 cm³/mol. The summed E-state index contributed by atoms with van der Waals surface area (Å²) in [5, 5.41) is 11.3. The number of para-hydroxylation sites is 1. The van der Waals surface area contributed by atoms with E-state index >= 15 is 0 Å². The van der Waals surface area contributed by atoms with Crippen LogP contribution < -0.4 is 4.74 Å². The van der Waals surface area contributed by atoms with E-state index in [-0.39, 0.29) is 17.3 Å². The van der Waals surface area contributed by atoms with Crippen LogP contribution in [0.2, 0.25) is 0 Å². The second kappa shape index (κ2) is 10.5. The number of carboxylic acid groups (broad SMARTS) is 1. The molecule has 1 N–H and O–H groups in total. The zero-order chi connectivity index (χ0) is 24.0. The van der Waals surface area contributed by atoms with Gasteiger partial charge in [-0.15, -0.1) is 4.41 Å². The summed E-state index contributed by atoms with van der Waals surface area (Å²) in [4.78, 5) is 26.9. The maximum atomic E-state index is 13.4. The number of carbonyl (C=O) groups is 2. The Morgan fingerprint density at radius 2 is 1.88 bits per heavy atom.